The fourth-order valence-corrected chi connectivity index (χ4v) is 3.73. The lowest BCUT2D eigenvalue weighted by Crippen LogP contribution is -2.38. The normalized spacial score (nSPS) is 14.6. The molecule has 2 aromatic rings. The SMILES string of the molecule is CC(Sc1ccccc1C(=O)NCC(C)(O)c1ccsc1)C(=O)O. The number of aliphatic carboxylic acids is 1. The summed E-state index contributed by atoms with van der Waals surface area (Å²) in [5, 5.41) is 25.3. The van der Waals surface area contributed by atoms with Gasteiger partial charge in [-0.1, -0.05) is 12.1 Å². The van der Waals surface area contributed by atoms with E-state index in [1.165, 1.54) is 11.3 Å². The summed E-state index contributed by atoms with van der Waals surface area (Å²) in [5.41, 5.74) is -0.0155. The highest BCUT2D eigenvalue weighted by atomic mass is 32.2. The predicted octanol–water partition coefficient (Wildman–Crippen LogP) is 2.95. The van der Waals surface area contributed by atoms with Crippen LogP contribution in [0.3, 0.4) is 0 Å². The quantitative estimate of drug-likeness (QED) is 0.657. The van der Waals surface area contributed by atoms with Crippen LogP contribution in [-0.4, -0.2) is 33.9 Å². The maximum atomic E-state index is 12.5. The molecule has 2 atom stereocenters. The Balaban J connectivity index is 2.09. The highest BCUT2D eigenvalue weighted by Gasteiger charge is 2.25. The monoisotopic (exact) mass is 365 g/mol. The smallest absolute Gasteiger partial charge is 0.316 e. The third kappa shape index (κ3) is 4.59. The molecule has 0 radical (unpaired) electrons. The van der Waals surface area contributed by atoms with Gasteiger partial charge in [-0.2, -0.15) is 11.3 Å². The molecule has 7 heteroatoms. The number of carbonyl (C=O) groups is 2. The van der Waals surface area contributed by atoms with E-state index in [0.29, 0.717) is 10.5 Å². The zero-order valence-electron chi connectivity index (χ0n) is 13.4. The zero-order chi connectivity index (χ0) is 17.7. The molecular formula is C17H19NO4S2. The van der Waals surface area contributed by atoms with Crippen LogP contribution in [0.15, 0.2) is 46.0 Å². The predicted molar refractivity (Wildman–Crippen MR) is 95.6 cm³/mol. The third-order valence-corrected chi connectivity index (χ3v) is 5.37. The topological polar surface area (TPSA) is 86.6 Å². The van der Waals surface area contributed by atoms with Crippen molar-refractivity contribution in [3.05, 3.63) is 52.2 Å². The lowest BCUT2D eigenvalue weighted by atomic mass is 9.99. The minimum atomic E-state index is -1.16. The van der Waals surface area contributed by atoms with Crippen LogP contribution in [0.1, 0.15) is 29.8 Å². The van der Waals surface area contributed by atoms with Crippen LogP contribution in [0.5, 0.6) is 0 Å². The molecule has 0 bridgehead atoms. The first-order valence-electron chi connectivity index (χ1n) is 7.33. The fraction of sp³-hybridized carbons (Fsp3) is 0.294. The molecule has 2 rings (SSSR count). The van der Waals surface area contributed by atoms with Crippen molar-refractivity contribution in [3.63, 3.8) is 0 Å². The summed E-state index contributed by atoms with van der Waals surface area (Å²) in [6, 6.07) is 8.66. The molecule has 1 aromatic heterocycles. The maximum Gasteiger partial charge on any atom is 0.316 e. The largest absolute Gasteiger partial charge is 0.480 e. The van der Waals surface area contributed by atoms with Crippen molar-refractivity contribution in [2.75, 3.05) is 6.54 Å². The van der Waals surface area contributed by atoms with E-state index in [0.717, 1.165) is 17.3 Å². The highest BCUT2D eigenvalue weighted by molar-refractivity contribution is 8.00. The number of carbonyl (C=O) groups excluding carboxylic acids is 1. The van der Waals surface area contributed by atoms with Crippen LogP contribution < -0.4 is 5.32 Å². The van der Waals surface area contributed by atoms with Crippen LogP contribution in [0.4, 0.5) is 0 Å². The van der Waals surface area contributed by atoms with E-state index >= 15 is 0 Å². The average molecular weight is 365 g/mol. The Bertz CT molecular complexity index is 713. The lowest BCUT2D eigenvalue weighted by Gasteiger charge is -2.23. The van der Waals surface area contributed by atoms with E-state index in [1.54, 1.807) is 38.1 Å². The van der Waals surface area contributed by atoms with Crippen molar-refractivity contribution in [2.24, 2.45) is 0 Å². The summed E-state index contributed by atoms with van der Waals surface area (Å²) in [6.07, 6.45) is 0. The Morgan fingerprint density at radius 2 is 2.04 bits per heavy atom. The van der Waals surface area contributed by atoms with Crippen molar-refractivity contribution in [1.29, 1.82) is 0 Å². The van der Waals surface area contributed by atoms with E-state index in [1.807, 2.05) is 16.8 Å². The summed E-state index contributed by atoms with van der Waals surface area (Å²) in [4.78, 5) is 24.1. The Morgan fingerprint density at radius 3 is 2.67 bits per heavy atom. The number of aliphatic hydroxyl groups is 1. The standard InChI is InChI=1S/C17H19NO4S2/c1-11(16(20)21)24-14-6-4-3-5-13(14)15(19)18-10-17(2,22)12-7-8-23-9-12/h3-9,11,22H,10H2,1-2H3,(H,18,19)(H,20,21). The van der Waals surface area contributed by atoms with Gasteiger partial charge in [0.2, 0.25) is 0 Å². The van der Waals surface area contributed by atoms with E-state index < -0.39 is 16.8 Å². The summed E-state index contributed by atoms with van der Waals surface area (Å²) in [6.45, 7) is 3.28. The highest BCUT2D eigenvalue weighted by Crippen LogP contribution is 2.27. The molecule has 0 saturated heterocycles. The number of amides is 1. The number of thioether (sulfide) groups is 1. The first-order valence-corrected chi connectivity index (χ1v) is 9.15. The number of thiophene rings is 1. The van der Waals surface area contributed by atoms with Gasteiger partial charge in [-0.3, -0.25) is 9.59 Å². The van der Waals surface area contributed by atoms with Crippen molar-refractivity contribution in [3.8, 4) is 0 Å². The van der Waals surface area contributed by atoms with E-state index in [2.05, 4.69) is 5.32 Å². The molecule has 1 heterocycles. The van der Waals surface area contributed by atoms with Gasteiger partial charge in [-0.25, -0.2) is 0 Å². The Labute approximate surface area is 148 Å². The van der Waals surface area contributed by atoms with Crippen molar-refractivity contribution in [1.82, 2.24) is 5.32 Å². The number of hydrogen-bond acceptors (Lipinski definition) is 5. The summed E-state index contributed by atoms with van der Waals surface area (Å²) in [7, 11) is 0. The molecule has 0 fully saturated rings. The van der Waals surface area contributed by atoms with Crippen molar-refractivity contribution >= 4 is 35.0 Å². The molecule has 1 aromatic carbocycles. The van der Waals surface area contributed by atoms with Crippen LogP contribution in [0, 0.1) is 0 Å². The van der Waals surface area contributed by atoms with Gasteiger partial charge < -0.3 is 15.5 Å². The van der Waals surface area contributed by atoms with E-state index in [-0.39, 0.29) is 12.5 Å². The first kappa shape index (κ1) is 18.5. The third-order valence-electron chi connectivity index (χ3n) is 3.52. The number of benzene rings is 1. The first-order chi connectivity index (χ1) is 11.3. The molecule has 128 valence electrons. The zero-order valence-corrected chi connectivity index (χ0v) is 15.0. The number of hydrogen-bond donors (Lipinski definition) is 3. The lowest BCUT2D eigenvalue weighted by molar-refractivity contribution is -0.136. The van der Waals surface area contributed by atoms with Crippen molar-refractivity contribution in [2.45, 2.75) is 29.6 Å². The second-order valence-electron chi connectivity index (χ2n) is 5.56. The Morgan fingerprint density at radius 1 is 1.33 bits per heavy atom. The molecular weight excluding hydrogens is 346 g/mol. The minimum absolute atomic E-state index is 0.0655. The molecule has 1 amide bonds. The summed E-state index contributed by atoms with van der Waals surface area (Å²) >= 11 is 2.59. The molecule has 0 aliphatic heterocycles. The number of carboxylic acids is 1. The molecule has 3 N–H and O–H groups in total. The molecule has 0 saturated carbocycles. The molecule has 2 unspecified atom stereocenters. The van der Waals surface area contributed by atoms with Crippen LogP contribution in [0.2, 0.25) is 0 Å². The average Bonchev–Trinajstić information content (AvgIpc) is 3.08. The van der Waals surface area contributed by atoms with Crippen LogP contribution in [0.25, 0.3) is 0 Å². The molecule has 0 aliphatic rings. The second-order valence-corrected chi connectivity index (χ2v) is 7.73. The van der Waals surface area contributed by atoms with E-state index in [4.69, 9.17) is 5.11 Å². The summed E-state index contributed by atoms with van der Waals surface area (Å²) < 4.78 is 0. The van der Waals surface area contributed by atoms with Crippen LogP contribution >= 0.6 is 23.1 Å². The number of rotatable bonds is 7. The molecule has 5 nitrogen and oxygen atoms in total. The van der Waals surface area contributed by atoms with E-state index in [9.17, 15) is 14.7 Å². The van der Waals surface area contributed by atoms with Gasteiger partial charge in [0.15, 0.2) is 0 Å². The fourth-order valence-electron chi connectivity index (χ4n) is 2.02. The number of carboxylic acid groups (broad SMARTS) is 1. The van der Waals surface area contributed by atoms with Gasteiger partial charge in [0.05, 0.1) is 12.1 Å². The maximum absolute atomic E-state index is 12.5. The van der Waals surface area contributed by atoms with Gasteiger partial charge in [-0.05, 0) is 48.4 Å². The van der Waals surface area contributed by atoms with Gasteiger partial charge in [0.25, 0.3) is 5.91 Å². The Kier molecular flexibility index (Phi) is 6.04. The number of nitrogens with one attached hydrogen (secondary N) is 1. The minimum Gasteiger partial charge on any atom is -0.480 e. The van der Waals surface area contributed by atoms with Crippen LogP contribution in [-0.2, 0) is 10.4 Å². The van der Waals surface area contributed by atoms with Gasteiger partial charge in [-0.15, -0.1) is 11.8 Å². The molecule has 0 aliphatic carbocycles. The Hall–Kier alpha value is -1.83. The van der Waals surface area contributed by atoms with Gasteiger partial charge in [0.1, 0.15) is 10.9 Å². The summed E-state index contributed by atoms with van der Waals surface area (Å²) in [5.74, 6) is -1.28. The molecule has 24 heavy (non-hydrogen) atoms. The van der Waals surface area contributed by atoms with Gasteiger partial charge >= 0.3 is 5.97 Å². The second kappa shape index (κ2) is 7.83. The molecule has 0 spiro atoms. The van der Waals surface area contributed by atoms with Crippen molar-refractivity contribution < 1.29 is 19.8 Å². The van der Waals surface area contributed by atoms with Gasteiger partial charge in [0, 0.05) is 4.90 Å².